The third-order valence-corrected chi connectivity index (χ3v) is 7.15. The Balaban J connectivity index is 2.02. The van der Waals surface area contributed by atoms with Crippen molar-refractivity contribution in [1.29, 1.82) is 0 Å². The van der Waals surface area contributed by atoms with Gasteiger partial charge in [0.1, 0.15) is 0 Å². The minimum absolute atomic E-state index is 0.0277. The predicted octanol–water partition coefficient (Wildman–Crippen LogP) is 2.47. The first-order valence-electron chi connectivity index (χ1n) is 9.28. The minimum Gasteiger partial charge on any atom is -0.478 e. The van der Waals surface area contributed by atoms with E-state index >= 15 is 0 Å². The molecule has 1 aromatic rings. The maximum Gasteiger partial charge on any atom is 0.335 e. The third kappa shape index (κ3) is 4.03. The number of ether oxygens (including phenoxy) is 2. The van der Waals surface area contributed by atoms with Crippen molar-refractivity contribution in [3.63, 3.8) is 0 Å². The van der Waals surface area contributed by atoms with Crippen LogP contribution in [0.2, 0.25) is 0 Å². The molecule has 7 nitrogen and oxygen atoms in total. The number of aromatic carboxylic acids is 1. The van der Waals surface area contributed by atoms with E-state index < -0.39 is 21.6 Å². The molecule has 150 valence electrons. The molecule has 27 heavy (non-hydrogen) atoms. The average molecular weight is 397 g/mol. The van der Waals surface area contributed by atoms with Gasteiger partial charge in [0.05, 0.1) is 22.2 Å². The van der Waals surface area contributed by atoms with Crippen LogP contribution >= 0.6 is 0 Å². The molecule has 2 heterocycles. The number of morpholine rings is 1. The average Bonchev–Trinajstić information content (AvgIpc) is 2.61. The number of benzene rings is 1. The lowest BCUT2D eigenvalue weighted by Gasteiger charge is -2.46. The van der Waals surface area contributed by atoms with Crippen LogP contribution in [0.15, 0.2) is 23.1 Å². The van der Waals surface area contributed by atoms with Gasteiger partial charge in [-0.15, -0.1) is 0 Å². The molecule has 0 saturated carbocycles. The summed E-state index contributed by atoms with van der Waals surface area (Å²) in [5.74, 6) is -1.19. The van der Waals surface area contributed by atoms with Crippen LogP contribution in [0, 0.1) is 0 Å². The van der Waals surface area contributed by atoms with E-state index in [1.165, 1.54) is 16.4 Å². The largest absolute Gasteiger partial charge is 0.478 e. The van der Waals surface area contributed by atoms with Crippen molar-refractivity contribution in [1.82, 2.24) is 4.31 Å². The fourth-order valence-corrected chi connectivity index (χ4v) is 5.85. The molecule has 2 fully saturated rings. The summed E-state index contributed by atoms with van der Waals surface area (Å²) in [5, 5.41) is 9.31. The lowest BCUT2D eigenvalue weighted by Crippen LogP contribution is -2.58. The van der Waals surface area contributed by atoms with Gasteiger partial charge in [0, 0.05) is 39.1 Å². The van der Waals surface area contributed by atoms with E-state index in [2.05, 4.69) is 0 Å². The van der Waals surface area contributed by atoms with Gasteiger partial charge in [0.25, 0.3) is 0 Å². The maximum absolute atomic E-state index is 13.5. The van der Waals surface area contributed by atoms with Crippen molar-refractivity contribution in [2.24, 2.45) is 0 Å². The van der Waals surface area contributed by atoms with E-state index in [4.69, 9.17) is 9.47 Å². The molecule has 1 aromatic carbocycles. The summed E-state index contributed by atoms with van der Waals surface area (Å²) >= 11 is 0. The topological polar surface area (TPSA) is 93.1 Å². The molecule has 1 spiro atoms. The zero-order valence-electron chi connectivity index (χ0n) is 16.0. The van der Waals surface area contributed by atoms with Gasteiger partial charge in [-0.1, -0.05) is 19.9 Å². The molecular weight excluding hydrogens is 370 g/mol. The quantitative estimate of drug-likeness (QED) is 0.839. The van der Waals surface area contributed by atoms with E-state index in [-0.39, 0.29) is 35.6 Å². The summed E-state index contributed by atoms with van der Waals surface area (Å²) in [6.07, 6.45) is 1.06. The highest BCUT2D eigenvalue weighted by atomic mass is 32.2. The fraction of sp³-hybridized carbons (Fsp3) is 0.632. The molecule has 2 aliphatic rings. The van der Waals surface area contributed by atoms with Crippen molar-refractivity contribution < 1.29 is 27.8 Å². The number of carbonyl (C=O) groups is 1. The normalized spacial score (nSPS) is 23.6. The van der Waals surface area contributed by atoms with E-state index in [0.717, 1.165) is 0 Å². The van der Waals surface area contributed by atoms with Crippen molar-refractivity contribution in [3.8, 4) is 0 Å². The van der Waals surface area contributed by atoms with E-state index in [1.807, 2.05) is 20.8 Å². The van der Waals surface area contributed by atoms with Gasteiger partial charge in [-0.3, -0.25) is 0 Å². The number of nitrogens with zero attached hydrogens (tertiary/aromatic N) is 1. The van der Waals surface area contributed by atoms with E-state index in [9.17, 15) is 18.3 Å². The summed E-state index contributed by atoms with van der Waals surface area (Å²) in [6, 6.07) is 4.34. The molecule has 0 amide bonds. The van der Waals surface area contributed by atoms with Crippen molar-refractivity contribution >= 4 is 16.0 Å². The molecule has 3 rings (SSSR count). The number of carboxylic acids is 1. The molecule has 1 N–H and O–H groups in total. The minimum atomic E-state index is -3.85. The van der Waals surface area contributed by atoms with Crippen LogP contribution < -0.4 is 0 Å². The first-order valence-corrected chi connectivity index (χ1v) is 10.7. The summed E-state index contributed by atoms with van der Waals surface area (Å²) in [7, 11) is -3.85. The van der Waals surface area contributed by atoms with Gasteiger partial charge in [0.2, 0.25) is 10.0 Å². The predicted molar refractivity (Wildman–Crippen MR) is 99.6 cm³/mol. The Hall–Kier alpha value is -1.48. The van der Waals surface area contributed by atoms with Gasteiger partial charge < -0.3 is 14.6 Å². The zero-order valence-corrected chi connectivity index (χ0v) is 16.8. The monoisotopic (exact) mass is 397 g/mol. The van der Waals surface area contributed by atoms with E-state index in [0.29, 0.717) is 31.6 Å². The number of hydrogen-bond donors (Lipinski definition) is 1. The van der Waals surface area contributed by atoms with Crippen molar-refractivity contribution in [3.05, 3.63) is 29.3 Å². The van der Waals surface area contributed by atoms with Crippen LogP contribution in [0.3, 0.4) is 0 Å². The molecule has 0 bridgehead atoms. The highest BCUT2D eigenvalue weighted by Crippen LogP contribution is 2.35. The summed E-state index contributed by atoms with van der Waals surface area (Å²) in [4.78, 5) is 11.5. The van der Waals surface area contributed by atoms with Gasteiger partial charge in [-0.2, -0.15) is 4.31 Å². The molecule has 0 radical (unpaired) electrons. The van der Waals surface area contributed by atoms with Gasteiger partial charge >= 0.3 is 5.97 Å². The van der Waals surface area contributed by atoms with Crippen LogP contribution in [0.1, 0.15) is 55.5 Å². The Bertz CT molecular complexity index is 813. The third-order valence-electron chi connectivity index (χ3n) is 5.28. The highest BCUT2D eigenvalue weighted by Gasteiger charge is 2.45. The van der Waals surface area contributed by atoms with Crippen LogP contribution in [0.4, 0.5) is 0 Å². The second kappa shape index (κ2) is 7.50. The Morgan fingerprint density at radius 1 is 1.30 bits per heavy atom. The molecule has 0 aromatic heterocycles. The maximum atomic E-state index is 13.5. The first kappa shape index (κ1) is 20.3. The van der Waals surface area contributed by atoms with Gasteiger partial charge in [-0.05, 0) is 30.5 Å². The first-order chi connectivity index (χ1) is 12.6. The number of sulfonamides is 1. The molecule has 8 heteroatoms. The van der Waals surface area contributed by atoms with Crippen LogP contribution in [0.5, 0.6) is 0 Å². The van der Waals surface area contributed by atoms with Crippen LogP contribution in [-0.2, 0) is 19.5 Å². The van der Waals surface area contributed by atoms with Crippen molar-refractivity contribution in [2.75, 3.05) is 26.3 Å². The number of rotatable bonds is 4. The summed E-state index contributed by atoms with van der Waals surface area (Å²) in [6.45, 7) is 7.28. The number of carboxylic acid groups (broad SMARTS) is 1. The molecule has 1 unspecified atom stereocenters. The molecule has 0 aliphatic carbocycles. The lowest BCUT2D eigenvalue weighted by molar-refractivity contribution is -0.170. The summed E-state index contributed by atoms with van der Waals surface area (Å²) < 4.78 is 40.0. The zero-order chi connectivity index (χ0) is 19.8. The van der Waals surface area contributed by atoms with E-state index in [1.54, 1.807) is 6.07 Å². The Morgan fingerprint density at radius 2 is 1.96 bits per heavy atom. The molecular formula is C19H27NO6S. The van der Waals surface area contributed by atoms with Gasteiger partial charge in [-0.25, -0.2) is 13.2 Å². The second-order valence-electron chi connectivity index (χ2n) is 7.73. The smallest absolute Gasteiger partial charge is 0.335 e. The molecule has 2 aliphatic heterocycles. The summed E-state index contributed by atoms with van der Waals surface area (Å²) in [5.41, 5.74) is 0.0611. The second-order valence-corrected chi connectivity index (χ2v) is 9.64. The SMILES string of the molecule is CC1CN(S(=O)(=O)c2cc(C(=O)O)ccc2C(C)C)CC2(CCOCC2)O1. The van der Waals surface area contributed by atoms with Crippen molar-refractivity contribution in [2.45, 2.75) is 56.1 Å². The Labute approximate surface area is 160 Å². The Morgan fingerprint density at radius 3 is 2.56 bits per heavy atom. The Kier molecular flexibility index (Phi) is 5.63. The standard InChI is InChI=1S/C19H27NO6S/c1-13(2)16-5-4-15(18(21)22)10-17(16)27(23,24)20-11-14(3)26-19(12-20)6-8-25-9-7-19/h4-5,10,13-14H,6-9,11-12H2,1-3H3,(H,21,22). The van der Waals surface area contributed by atoms with Crippen LogP contribution in [0.25, 0.3) is 0 Å². The van der Waals surface area contributed by atoms with Crippen LogP contribution in [-0.4, -0.2) is 61.8 Å². The lowest BCUT2D eigenvalue weighted by atomic mass is 9.92. The highest BCUT2D eigenvalue weighted by molar-refractivity contribution is 7.89. The van der Waals surface area contributed by atoms with Gasteiger partial charge in [0.15, 0.2) is 0 Å². The molecule has 2 saturated heterocycles. The fourth-order valence-electron chi connectivity index (χ4n) is 3.88. The molecule has 1 atom stereocenters. The number of hydrogen-bond acceptors (Lipinski definition) is 5.